The van der Waals surface area contributed by atoms with Crippen LogP contribution in [0.4, 0.5) is 5.69 Å². The van der Waals surface area contributed by atoms with E-state index in [1.54, 1.807) is 24.3 Å². The Balaban J connectivity index is 1.70. The zero-order chi connectivity index (χ0) is 18.0. The van der Waals surface area contributed by atoms with Gasteiger partial charge in [-0.1, -0.05) is 13.0 Å². The third-order valence-corrected chi connectivity index (χ3v) is 6.66. The SMILES string of the molecule is CCCS(=O)(=O)Nc1cccc(C(=O)N(C)C2CC3CCC(C2)N3)c1. The second kappa shape index (κ2) is 7.33. The summed E-state index contributed by atoms with van der Waals surface area (Å²) in [6, 6.07) is 8.05. The van der Waals surface area contributed by atoms with Gasteiger partial charge in [0.15, 0.2) is 0 Å². The fourth-order valence-corrected chi connectivity index (χ4v) is 5.05. The van der Waals surface area contributed by atoms with Crippen molar-refractivity contribution >= 4 is 21.6 Å². The van der Waals surface area contributed by atoms with E-state index in [0.717, 1.165) is 12.8 Å². The Morgan fingerprint density at radius 2 is 1.96 bits per heavy atom. The third kappa shape index (κ3) is 4.33. The summed E-state index contributed by atoms with van der Waals surface area (Å²) in [7, 11) is -1.50. The molecule has 2 bridgehead atoms. The molecule has 138 valence electrons. The molecule has 0 radical (unpaired) electrons. The number of piperidine rings is 1. The molecule has 1 aromatic rings. The van der Waals surface area contributed by atoms with Gasteiger partial charge in [-0.2, -0.15) is 0 Å². The van der Waals surface area contributed by atoms with Crippen molar-refractivity contribution in [3.63, 3.8) is 0 Å². The standard InChI is InChI=1S/C18H27N3O3S/c1-3-9-25(23,24)20-16-6-4-5-13(10-16)18(22)21(2)17-11-14-7-8-15(12-17)19-14/h4-6,10,14-15,17,19-20H,3,7-9,11-12H2,1-2H3. The van der Waals surface area contributed by atoms with E-state index in [-0.39, 0.29) is 17.7 Å². The van der Waals surface area contributed by atoms with Gasteiger partial charge in [-0.25, -0.2) is 8.42 Å². The second-order valence-electron chi connectivity index (χ2n) is 7.18. The summed E-state index contributed by atoms with van der Waals surface area (Å²) in [5, 5.41) is 3.59. The molecule has 2 saturated heterocycles. The molecule has 2 fully saturated rings. The van der Waals surface area contributed by atoms with Crippen molar-refractivity contribution in [3.05, 3.63) is 29.8 Å². The van der Waals surface area contributed by atoms with Crippen LogP contribution in [0.25, 0.3) is 0 Å². The fourth-order valence-electron chi connectivity index (χ4n) is 3.93. The first-order chi connectivity index (χ1) is 11.9. The smallest absolute Gasteiger partial charge is 0.253 e. The molecule has 2 aliphatic rings. The third-order valence-electron chi connectivity index (χ3n) is 5.17. The molecule has 7 heteroatoms. The lowest BCUT2D eigenvalue weighted by molar-refractivity contribution is 0.0681. The molecule has 2 N–H and O–H groups in total. The minimum absolute atomic E-state index is 0.0529. The van der Waals surface area contributed by atoms with Crippen molar-refractivity contribution in [2.45, 2.75) is 57.2 Å². The molecule has 2 atom stereocenters. The Labute approximate surface area is 150 Å². The van der Waals surface area contributed by atoms with Crippen LogP contribution < -0.4 is 10.0 Å². The van der Waals surface area contributed by atoms with Crippen LogP contribution in [0.1, 0.15) is 49.4 Å². The zero-order valence-electron chi connectivity index (χ0n) is 14.9. The Morgan fingerprint density at radius 1 is 1.28 bits per heavy atom. The van der Waals surface area contributed by atoms with Crippen LogP contribution >= 0.6 is 0 Å². The van der Waals surface area contributed by atoms with Gasteiger partial charge in [0.25, 0.3) is 5.91 Å². The lowest BCUT2D eigenvalue weighted by Crippen LogP contribution is -2.48. The van der Waals surface area contributed by atoms with Crippen LogP contribution in [-0.2, 0) is 10.0 Å². The van der Waals surface area contributed by atoms with Crippen LogP contribution in [0.2, 0.25) is 0 Å². The molecule has 0 aliphatic carbocycles. The molecule has 3 rings (SSSR count). The summed E-state index contributed by atoms with van der Waals surface area (Å²) in [6.07, 6.45) is 4.91. The van der Waals surface area contributed by atoms with E-state index in [0.29, 0.717) is 29.8 Å². The first-order valence-electron chi connectivity index (χ1n) is 9.01. The van der Waals surface area contributed by atoms with Gasteiger partial charge in [-0.3, -0.25) is 9.52 Å². The van der Waals surface area contributed by atoms with E-state index in [2.05, 4.69) is 10.0 Å². The van der Waals surface area contributed by atoms with Crippen molar-refractivity contribution < 1.29 is 13.2 Å². The molecule has 2 unspecified atom stereocenters. The van der Waals surface area contributed by atoms with Crippen LogP contribution in [0, 0.1) is 0 Å². The van der Waals surface area contributed by atoms with Crippen molar-refractivity contribution in [2.75, 3.05) is 17.5 Å². The Bertz CT molecular complexity index is 723. The average Bonchev–Trinajstić information content (AvgIpc) is 2.91. The highest BCUT2D eigenvalue weighted by atomic mass is 32.2. The largest absolute Gasteiger partial charge is 0.339 e. The molecule has 1 aromatic carbocycles. The Kier molecular flexibility index (Phi) is 5.34. The number of nitrogens with zero attached hydrogens (tertiary/aromatic N) is 1. The number of nitrogens with one attached hydrogen (secondary N) is 2. The Morgan fingerprint density at radius 3 is 2.60 bits per heavy atom. The number of anilines is 1. The van der Waals surface area contributed by atoms with E-state index in [1.807, 2.05) is 18.9 Å². The number of benzene rings is 1. The number of rotatable bonds is 6. The molecule has 1 amide bonds. The minimum Gasteiger partial charge on any atom is -0.339 e. The summed E-state index contributed by atoms with van der Waals surface area (Å²) in [4.78, 5) is 14.7. The number of carbonyl (C=O) groups is 1. The highest BCUT2D eigenvalue weighted by Gasteiger charge is 2.36. The van der Waals surface area contributed by atoms with Crippen molar-refractivity contribution in [2.24, 2.45) is 0 Å². The summed E-state index contributed by atoms with van der Waals surface area (Å²) in [6.45, 7) is 1.82. The normalized spacial score (nSPS) is 25.6. The number of fused-ring (bicyclic) bond motifs is 2. The van der Waals surface area contributed by atoms with E-state index >= 15 is 0 Å². The van der Waals surface area contributed by atoms with Crippen molar-refractivity contribution in [1.82, 2.24) is 10.2 Å². The van der Waals surface area contributed by atoms with Gasteiger partial charge in [0.05, 0.1) is 5.75 Å². The van der Waals surface area contributed by atoms with Gasteiger partial charge in [0, 0.05) is 36.4 Å². The van der Waals surface area contributed by atoms with Crippen LogP contribution in [-0.4, -0.2) is 50.2 Å². The van der Waals surface area contributed by atoms with E-state index in [9.17, 15) is 13.2 Å². The molecule has 2 aliphatic heterocycles. The minimum atomic E-state index is -3.36. The van der Waals surface area contributed by atoms with Crippen LogP contribution in [0.5, 0.6) is 0 Å². The highest BCUT2D eigenvalue weighted by Crippen LogP contribution is 2.30. The summed E-state index contributed by atoms with van der Waals surface area (Å²) < 4.78 is 26.4. The summed E-state index contributed by atoms with van der Waals surface area (Å²) >= 11 is 0. The van der Waals surface area contributed by atoms with Gasteiger partial charge in [0.1, 0.15) is 0 Å². The van der Waals surface area contributed by atoms with Gasteiger partial charge < -0.3 is 10.2 Å². The molecule has 25 heavy (non-hydrogen) atoms. The average molecular weight is 365 g/mol. The molecule has 0 saturated carbocycles. The van der Waals surface area contributed by atoms with Gasteiger partial charge in [-0.05, 0) is 50.3 Å². The summed E-state index contributed by atoms with van der Waals surface area (Å²) in [5.41, 5.74) is 0.961. The summed E-state index contributed by atoms with van der Waals surface area (Å²) in [5.74, 6) is 0.0194. The maximum atomic E-state index is 12.8. The maximum absolute atomic E-state index is 12.8. The van der Waals surface area contributed by atoms with Crippen LogP contribution in [0.15, 0.2) is 24.3 Å². The number of carbonyl (C=O) groups excluding carboxylic acids is 1. The molecule has 2 heterocycles. The lowest BCUT2D eigenvalue weighted by Gasteiger charge is -2.35. The maximum Gasteiger partial charge on any atom is 0.253 e. The first-order valence-corrected chi connectivity index (χ1v) is 10.7. The number of hydrogen-bond acceptors (Lipinski definition) is 4. The molecule has 0 aromatic heterocycles. The lowest BCUT2D eigenvalue weighted by atomic mass is 9.98. The highest BCUT2D eigenvalue weighted by molar-refractivity contribution is 7.92. The Hall–Kier alpha value is -1.60. The molecule has 0 spiro atoms. The number of sulfonamides is 1. The molecule has 6 nitrogen and oxygen atoms in total. The zero-order valence-corrected chi connectivity index (χ0v) is 15.7. The van der Waals surface area contributed by atoms with E-state index < -0.39 is 10.0 Å². The quantitative estimate of drug-likeness (QED) is 0.810. The number of hydrogen-bond donors (Lipinski definition) is 2. The monoisotopic (exact) mass is 365 g/mol. The molecular weight excluding hydrogens is 338 g/mol. The van der Waals surface area contributed by atoms with Gasteiger partial charge in [0.2, 0.25) is 10.0 Å². The predicted octanol–water partition coefficient (Wildman–Crippen LogP) is 2.19. The second-order valence-corrected chi connectivity index (χ2v) is 9.02. The van der Waals surface area contributed by atoms with E-state index in [4.69, 9.17) is 0 Å². The molecular formula is C18H27N3O3S. The van der Waals surface area contributed by atoms with Gasteiger partial charge in [-0.15, -0.1) is 0 Å². The first kappa shape index (κ1) is 18.2. The fraction of sp³-hybridized carbons (Fsp3) is 0.611. The number of amides is 1. The predicted molar refractivity (Wildman–Crippen MR) is 99.2 cm³/mol. The van der Waals surface area contributed by atoms with Crippen molar-refractivity contribution in [3.8, 4) is 0 Å². The van der Waals surface area contributed by atoms with Crippen LogP contribution in [0.3, 0.4) is 0 Å². The van der Waals surface area contributed by atoms with E-state index in [1.165, 1.54) is 12.8 Å². The topological polar surface area (TPSA) is 78.5 Å². The van der Waals surface area contributed by atoms with Gasteiger partial charge >= 0.3 is 0 Å². The van der Waals surface area contributed by atoms with Crippen molar-refractivity contribution in [1.29, 1.82) is 0 Å².